The summed E-state index contributed by atoms with van der Waals surface area (Å²) in [6, 6.07) is 14.8. The van der Waals surface area contributed by atoms with E-state index in [0.717, 1.165) is 19.7 Å². The van der Waals surface area contributed by atoms with Crippen molar-refractivity contribution in [1.29, 1.82) is 0 Å². The predicted octanol–water partition coefficient (Wildman–Crippen LogP) is 3.36. The highest BCUT2D eigenvalue weighted by Gasteiger charge is 1.99. The smallest absolute Gasteiger partial charge is 0.0723 e. The van der Waals surface area contributed by atoms with Crippen LogP contribution in [0.2, 0.25) is 0 Å². The first-order chi connectivity index (χ1) is 8.92. The maximum absolute atomic E-state index is 5.71. The average molecular weight is 243 g/mol. The van der Waals surface area contributed by atoms with Gasteiger partial charge in [-0.05, 0) is 29.3 Å². The molecule has 2 rings (SSSR count). The second-order valence-electron chi connectivity index (χ2n) is 4.44. The van der Waals surface area contributed by atoms with Crippen molar-refractivity contribution in [3.63, 3.8) is 0 Å². The van der Waals surface area contributed by atoms with E-state index in [1.54, 1.807) is 0 Å². The third-order valence-electron chi connectivity index (χ3n) is 2.99. The van der Waals surface area contributed by atoms with Crippen molar-refractivity contribution in [1.82, 2.24) is 5.32 Å². The van der Waals surface area contributed by atoms with Gasteiger partial charge in [0.2, 0.25) is 0 Å². The maximum atomic E-state index is 5.71. The zero-order valence-corrected chi connectivity index (χ0v) is 11.0. The number of nitrogens with one attached hydrogen (secondary N) is 1. The molecule has 0 aliphatic heterocycles. The van der Waals surface area contributed by atoms with Crippen LogP contribution in [0.15, 0.2) is 42.5 Å². The molecule has 0 saturated heterocycles. The van der Waals surface area contributed by atoms with Gasteiger partial charge in [-0.25, -0.2) is 0 Å². The Morgan fingerprint density at radius 2 is 1.83 bits per heavy atom. The largest absolute Gasteiger partial charge is 0.375 e. The summed E-state index contributed by atoms with van der Waals surface area (Å²) in [6.07, 6.45) is 1.17. The van der Waals surface area contributed by atoms with Gasteiger partial charge < -0.3 is 10.1 Å². The molecule has 0 saturated carbocycles. The van der Waals surface area contributed by atoms with Crippen molar-refractivity contribution in [2.45, 2.75) is 20.0 Å². The van der Waals surface area contributed by atoms with Gasteiger partial charge in [0.25, 0.3) is 0 Å². The Morgan fingerprint density at radius 1 is 1.00 bits per heavy atom. The van der Waals surface area contributed by atoms with E-state index >= 15 is 0 Å². The van der Waals surface area contributed by atoms with E-state index in [9.17, 15) is 0 Å². The lowest BCUT2D eigenvalue weighted by molar-refractivity contribution is 0.123. The van der Waals surface area contributed by atoms with E-state index in [4.69, 9.17) is 4.74 Å². The molecule has 0 aliphatic carbocycles. The fraction of sp³-hybridized carbons (Fsp3) is 0.375. The third kappa shape index (κ3) is 3.56. The number of benzene rings is 2. The molecule has 0 spiro atoms. The number of hydrogen-bond acceptors (Lipinski definition) is 2. The molecule has 2 heteroatoms. The van der Waals surface area contributed by atoms with Gasteiger partial charge in [-0.15, -0.1) is 0 Å². The summed E-state index contributed by atoms with van der Waals surface area (Å²) >= 11 is 0. The molecule has 0 heterocycles. The lowest BCUT2D eigenvalue weighted by Crippen LogP contribution is -2.20. The monoisotopic (exact) mass is 243 g/mol. The van der Waals surface area contributed by atoms with Crippen molar-refractivity contribution in [2.75, 3.05) is 19.7 Å². The zero-order valence-electron chi connectivity index (χ0n) is 11.0. The average Bonchev–Trinajstić information content (AvgIpc) is 2.43. The molecular formula is C16H21NO. The topological polar surface area (TPSA) is 21.3 Å². The third-order valence-corrected chi connectivity index (χ3v) is 2.99. The molecule has 2 aromatic rings. The van der Waals surface area contributed by atoms with Crippen LogP contribution in [0.1, 0.15) is 18.9 Å². The molecule has 0 atom stereocenters. The Morgan fingerprint density at radius 3 is 2.72 bits per heavy atom. The summed E-state index contributed by atoms with van der Waals surface area (Å²) in [5, 5.41) is 5.91. The van der Waals surface area contributed by atoms with Gasteiger partial charge in [0.05, 0.1) is 13.2 Å². The minimum absolute atomic E-state index is 0.690. The van der Waals surface area contributed by atoms with Gasteiger partial charge in [0.1, 0.15) is 0 Å². The molecule has 18 heavy (non-hydrogen) atoms. The minimum Gasteiger partial charge on any atom is -0.375 e. The van der Waals surface area contributed by atoms with Crippen molar-refractivity contribution in [3.8, 4) is 0 Å². The fourth-order valence-corrected chi connectivity index (χ4v) is 2.05. The molecular weight excluding hydrogens is 222 g/mol. The standard InChI is InChI=1S/C16H21NO/c1-2-10-17-11-12-18-13-15-8-5-7-14-6-3-4-9-16(14)15/h3-9,17H,2,10-13H2,1H3. The fourth-order valence-electron chi connectivity index (χ4n) is 2.05. The summed E-state index contributed by atoms with van der Waals surface area (Å²) < 4.78 is 5.71. The first-order valence-electron chi connectivity index (χ1n) is 6.67. The van der Waals surface area contributed by atoms with E-state index in [0.29, 0.717) is 6.61 Å². The quantitative estimate of drug-likeness (QED) is 0.753. The second kappa shape index (κ2) is 7.14. The lowest BCUT2D eigenvalue weighted by Gasteiger charge is -2.08. The van der Waals surface area contributed by atoms with E-state index in [1.807, 2.05) is 0 Å². The maximum Gasteiger partial charge on any atom is 0.0723 e. The van der Waals surface area contributed by atoms with E-state index in [2.05, 4.69) is 54.7 Å². The van der Waals surface area contributed by atoms with Crippen LogP contribution in [-0.2, 0) is 11.3 Å². The van der Waals surface area contributed by atoms with E-state index in [-0.39, 0.29) is 0 Å². The zero-order chi connectivity index (χ0) is 12.6. The molecule has 96 valence electrons. The van der Waals surface area contributed by atoms with Crippen LogP contribution in [0, 0.1) is 0 Å². The summed E-state index contributed by atoms with van der Waals surface area (Å²) in [5.74, 6) is 0. The molecule has 0 unspecified atom stereocenters. The first-order valence-corrected chi connectivity index (χ1v) is 6.67. The van der Waals surface area contributed by atoms with Crippen molar-refractivity contribution < 1.29 is 4.74 Å². The molecule has 2 nitrogen and oxygen atoms in total. The van der Waals surface area contributed by atoms with Crippen LogP contribution in [0.3, 0.4) is 0 Å². The van der Waals surface area contributed by atoms with Gasteiger partial charge in [0, 0.05) is 6.54 Å². The first kappa shape index (κ1) is 13.1. The van der Waals surface area contributed by atoms with Crippen LogP contribution in [0.4, 0.5) is 0 Å². The number of ether oxygens (including phenoxy) is 1. The second-order valence-corrected chi connectivity index (χ2v) is 4.44. The normalized spacial score (nSPS) is 10.9. The highest BCUT2D eigenvalue weighted by Crippen LogP contribution is 2.18. The van der Waals surface area contributed by atoms with Crippen LogP contribution in [0.5, 0.6) is 0 Å². The summed E-state index contributed by atoms with van der Waals surface area (Å²) in [4.78, 5) is 0. The van der Waals surface area contributed by atoms with Gasteiger partial charge in [-0.3, -0.25) is 0 Å². The lowest BCUT2D eigenvalue weighted by atomic mass is 10.1. The Hall–Kier alpha value is -1.38. The number of fused-ring (bicyclic) bond motifs is 1. The van der Waals surface area contributed by atoms with Crippen molar-refractivity contribution in [3.05, 3.63) is 48.0 Å². The molecule has 0 fully saturated rings. The number of hydrogen-bond donors (Lipinski definition) is 1. The van der Waals surface area contributed by atoms with E-state index < -0.39 is 0 Å². The van der Waals surface area contributed by atoms with Crippen LogP contribution in [-0.4, -0.2) is 19.7 Å². The molecule has 0 bridgehead atoms. The van der Waals surface area contributed by atoms with Gasteiger partial charge in [-0.2, -0.15) is 0 Å². The molecule has 0 amide bonds. The van der Waals surface area contributed by atoms with Crippen LogP contribution >= 0.6 is 0 Å². The Balaban J connectivity index is 1.88. The SMILES string of the molecule is CCCNCCOCc1cccc2ccccc12. The number of rotatable bonds is 7. The molecule has 2 aromatic carbocycles. The molecule has 0 aliphatic rings. The molecule has 1 N–H and O–H groups in total. The summed E-state index contributed by atoms with van der Waals surface area (Å²) in [6.45, 7) is 5.62. The van der Waals surface area contributed by atoms with Gasteiger partial charge in [-0.1, -0.05) is 49.4 Å². The Bertz CT molecular complexity index is 476. The highest BCUT2D eigenvalue weighted by atomic mass is 16.5. The van der Waals surface area contributed by atoms with Crippen LogP contribution in [0.25, 0.3) is 10.8 Å². The molecule has 0 aromatic heterocycles. The minimum atomic E-state index is 0.690. The van der Waals surface area contributed by atoms with Gasteiger partial charge >= 0.3 is 0 Å². The van der Waals surface area contributed by atoms with Gasteiger partial charge in [0.15, 0.2) is 0 Å². The van der Waals surface area contributed by atoms with E-state index in [1.165, 1.54) is 22.8 Å². The Labute approximate surface area is 109 Å². The highest BCUT2D eigenvalue weighted by molar-refractivity contribution is 5.85. The van der Waals surface area contributed by atoms with Crippen LogP contribution < -0.4 is 5.32 Å². The van der Waals surface area contributed by atoms with Crippen molar-refractivity contribution in [2.24, 2.45) is 0 Å². The summed E-state index contributed by atoms with van der Waals surface area (Å²) in [7, 11) is 0. The predicted molar refractivity (Wildman–Crippen MR) is 76.8 cm³/mol. The van der Waals surface area contributed by atoms with Crippen molar-refractivity contribution >= 4 is 10.8 Å². The molecule has 0 radical (unpaired) electrons. The Kier molecular flexibility index (Phi) is 5.18. The summed E-state index contributed by atoms with van der Waals surface area (Å²) in [5.41, 5.74) is 1.27.